The second kappa shape index (κ2) is 11.7. The minimum Gasteiger partial charge on any atom is -0.381 e. The quantitative estimate of drug-likeness (QED) is 0.362. The van der Waals surface area contributed by atoms with Gasteiger partial charge < -0.3 is 25.2 Å². The second-order valence-electron chi connectivity index (χ2n) is 12.1. The molecule has 11 nitrogen and oxygen atoms in total. The molecule has 0 bridgehead atoms. The summed E-state index contributed by atoms with van der Waals surface area (Å²) in [5.41, 5.74) is 2.00. The topological polar surface area (TPSA) is 123 Å². The molecule has 2 fully saturated rings. The Balaban J connectivity index is 1.27. The molecule has 236 valence electrons. The van der Waals surface area contributed by atoms with Crippen molar-refractivity contribution in [3.63, 3.8) is 0 Å². The lowest BCUT2D eigenvalue weighted by Crippen LogP contribution is -2.44. The van der Waals surface area contributed by atoms with Gasteiger partial charge in [-0.2, -0.15) is 9.40 Å². The highest BCUT2D eigenvalue weighted by Gasteiger charge is 2.48. The summed E-state index contributed by atoms with van der Waals surface area (Å²) < 4.78 is 61.6. The van der Waals surface area contributed by atoms with Crippen LogP contribution in [-0.2, 0) is 26.8 Å². The Kier molecular flexibility index (Phi) is 8.11. The second-order valence-corrected chi connectivity index (χ2v) is 14.0. The molecule has 1 aromatic heterocycles. The van der Waals surface area contributed by atoms with E-state index < -0.39 is 38.0 Å². The molecule has 44 heavy (non-hydrogen) atoms. The zero-order valence-corrected chi connectivity index (χ0v) is 25.8. The zero-order valence-electron chi connectivity index (χ0n) is 25.0. The first kappa shape index (κ1) is 30.4. The highest BCUT2D eigenvalue weighted by molar-refractivity contribution is 7.89. The highest BCUT2D eigenvalue weighted by Crippen LogP contribution is 2.44. The molecule has 3 N–H and O–H groups in total. The number of carbonyl (C=O) groups is 1. The zero-order chi connectivity index (χ0) is 31.2. The van der Waals surface area contributed by atoms with E-state index in [0.717, 1.165) is 61.1 Å². The molecule has 3 aliphatic heterocycles. The standard InChI is InChI=1S/C30H37F2N7O4S/c1-30(2)27-25(18-39(30)44(41,42)23-15-19(31)14-20(32)16-23)28(36-35-27)34-29(40)24-5-4-22(38-10-8-37(3)9-11-38)17-26(24)33-21-6-12-43-13-7-21/h4-5,14-17,21,33H,6-13,18H2,1-3H3,(H2,34,35,36,40). The number of carbonyl (C=O) groups excluding carboxylic acids is 1. The molecule has 3 aliphatic rings. The lowest BCUT2D eigenvalue weighted by Gasteiger charge is -2.34. The van der Waals surface area contributed by atoms with Crippen LogP contribution in [0.25, 0.3) is 0 Å². The van der Waals surface area contributed by atoms with Gasteiger partial charge in [0, 0.05) is 75.0 Å². The summed E-state index contributed by atoms with van der Waals surface area (Å²) in [5.74, 6) is -2.18. The third kappa shape index (κ3) is 5.78. The molecule has 0 radical (unpaired) electrons. The molecule has 3 aromatic rings. The van der Waals surface area contributed by atoms with Crippen LogP contribution in [0.4, 0.5) is 26.0 Å². The molecule has 14 heteroatoms. The molecule has 0 saturated carbocycles. The van der Waals surface area contributed by atoms with Crippen LogP contribution >= 0.6 is 0 Å². The van der Waals surface area contributed by atoms with Crippen LogP contribution in [0, 0.1) is 11.6 Å². The summed E-state index contributed by atoms with van der Waals surface area (Å²) in [5, 5.41) is 13.6. The number of aromatic amines is 1. The number of H-pyrrole nitrogens is 1. The number of sulfonamides is 1. The molecule has 4 heterocycles. The van der Waals surface area contributed by atoms with Gasteiger partial charge in [-0.1, -0.05) is 0 Å². The normalized spacial score (nSPS) is 19.6. The van der Waals surface area contributed by atoms with Crippen LogP contribution < -0.4 is 15.5 Å². The maximum absolute atomic E-state index is 13.9. The lowest BCUT2D eigenvalue weighted by atomic mass is 10.0. The number of anilines is 3. The molecule has 0 aliphatic carbocycles. The molecular weight excluding hydrogens is 592 g/mol. The van der Waals surface area contributed by atoms with Gasteiger partial charge in [0.2, 0.25) is 10.0 Å². The minimum absolute atomic E-state index is 0.148. The SMILES string of the molecule is CN1CCN(c2ccc(C(=O)Nc3n[nH]c4c3CN(S(=O)(=O)c3cc(F)cc(F)c3)C4(C)C)c(NC3CCOCC3)c2)CC1. The van der Waals surface area contributed by atoms with E-state index >= 15 is 0 Å². The molecular formula is C30H37F2N7O4S. The first-order chi connectivity index (χ1) is 20.9. The van der Waals surface area contributed by atoms with Crippen LogP contribution in [0.5, 0.6) is 0 Å². The summed E-state index contributed by atoms with van der Waals surface area (Å²) in [6.07, 6.45) is 1.64. The summed E-state index contributed by atoms with van der Waals surface area (Å²) in [7, 11) is -2.20. The summed E-state index contributed by atoms with van der Waals surface area (Å²) >= 11 is 0. The fourth-order valence-electron chi connectivity index (χ4n) is 6.13. The number of aromatic nitrogens is 2. The van der Waals surface area contributed by atoms with Gasteiger partial charge in [0.05, 0.1) is 21.7 Å². The van der Waals surface area contributed by atoms with E-state index in [0.29, 0.717) is 41.8 Å². The number of hydrogen-bond acceptors (Lipinski definition) is 8. The van der Waals surface area contributed by atoms with Crippen molar-refractivity contribution in [1.29, 1.82) is 0 Å². The monoisotopic (exact) mass is 629 g/mol. The number of nitrogens with zero attached hydrogens (tertiary/aromatic N) is 4. The number of benzene rings is 2. The number of ether oxygens (including phenoxy) is 1. The Hall–Kier alpha value is -3.59. The summed E-state index contributed by atoms with van der Waals surface area (Å²) in [4.78, 5) is 17.9. The predicted octanol–water partition coefficient (Wildman–Crippen LogP) is 3.72. The van der Waals surface area contributed by atoms with Crippen LogP contribution in [0.3, 0.4) is 0 Å². The van der Waals surface area contributed by atoms with E-state index in [4.69, 9.17) is 4.74 Å². The van der Waals surface area contributed by atoms with Crippen molar-refractivity contribution in [2.24, 2.45) is 0 Å². The van der Waals surface area contributed by atoms with Crippen molar-refractivity contribution in [1.82, 2.24) is 19.4 Å². The van der Waals surface area contributed by atoms with Gasteiger partial charge in [-0.3, -0.25) is 9.89 Å². The van der Waals surface area contributed by atoms with Gasteiger partial charge >= 0.3 is 0 Å². The Morgan fingerprint density at radius 1 is 1.05 bits per heavy atom. The summed E-state index contributed by atoms with van der Waals surface area (Å²) in [6.45, 7) is 8.16. The Morgan fingerprint density at radius 3 is 2.41 bits per heavy atom. The van der Waals surface area contributed by atoms with E-state index in [1.165, 1.54) is 0 Å². The largest absolute Gasteiger partial charge is 0.381 e. The Morgan fingerprint density at radius 2 is 1.73 bits per heavy atom. The molecule has 6 rings (SSSR count). The van der Waals surface area contributed by atoms with Crippen molar-refractivity contribution in [2.75, 3.05) is 62.0 Å². The van der Waals surface area contributed by atoms with Gasteiger partial charge in [-0.15, -0.1) is 0 Å². The maximum Gasteiger partial charge on any atom is 0.258 e. The number of likely N-dealkylation sites (N-methyl/N-ethyl adjacent to an activating group) is 1. The number of amides is 1. The van der Waals surface area contributed by atoms with E-state index in [1.807, 2.05) is 12.1 Å². The van der Waals surface area contributed by atoms with E-state index in [2.05, 4.69) is 37.7 Å². The van der Waals surface area contributed by atoms with Crippen molar-refractivity contribution in [3.8, 4) is 0 Å². The van der Waals surface area contributed by atoms with Gasteiger partial charge in [-0.05, 0) is 64.1 Å². The molecule has 1 amide bonds. The lowest BCUT2D eigenvalue weighted by molar-refractivity contribution is 0.0904. The summed E-state index contributed by atoms with van der Waals surface area (Å²) in [6, 6.07) is 8.12. The number of nitrogens with one attached hydrogen (secondary N) is 3. The third-order valence-corrected chi connectivity index (χ3v) is 10.8. The van der Waals surface area contributed by atoms with Gasteiger partial charge in [-0.25, -0.2) is 17.2 Å². The number of halogens is 2. The predicted molar refractivity (Wildman–Crippen MR) is 162 cm³/mol. The first-order valence-electron chi connectivity index (χ1n) is 14.7. The number of rotatable bonds is 7. The minimum atomic E-state index is -4.30. The fraction of sp³-hybridized carbons (Fsp3) is 0.467. The van der Waals surface area contributed by atoms with Gasteiger partial charge in [0.1, 0.15) is 11.6 Å². The average Bonchev–Trinajstić information content (AvgIpc) is 3.51. The van der Waals surface area contributed by atoms with Crippen molar-refractivity contribution in [2.45, 2.75) is 49.7 Å². The Labute approximate surface area is 255 Å². The van der Waals surface area contributed by atoms with Gasteiger partial charge in [0.15, 0.2) is 5.82 Å². The fourth-order valence-corrected chi connectivity index (χ4v) is 7.90. The van der Waals surface area contributed by atoms with E-state index in [-0.39, 0.29) is 18.4 Å². The first-order valence-corrected chi connectivity index (χ1v) is 16.2. The van der Waals surface area contributed by atoms with Crippen molar-refractivity contribution < 1.29 is 26.7 Å². The third-order valence-electron chi connectivity index (χ3n) is 8.76. The molecule has 0 unspecified atom stereocenters. The van der Waals surface area contributed by atoms with Crippen molar-refractivity contribution >= 4 is 33.1 Å². The van der Waals surface area contributed by atoms with E-state index in [9.17, 15) is 22.0 Å². The average molecular weight is 630 g/mol. The van der Waals surface area contributed by atoms with Crippen LogP contribution in [0.15, 0.2) is 41.3 Å². The van der Waals surface area contributed by atoms with Gasteiger partial charge in [0.25, 0.3) is 5.91 Å². The van der Waals surface area contributed by atoms with Crippen molar-refractivity contribution in [3.05, 3.63) is 64.9 Å². The van der Waals surface area contributed by atoms with Crippen LogP contribution in [-0.4, -0.2) is 86.2 Å². The number of hydrogen-bond donors (Lipinski definition) is 3. The molecule has 0 atom stereocenters. The number of piperazine rings is 1. The number of fused-ring (bicyclic) bond motifs is 1. The molecule has 2 saturated heterocycles. The highest BCUT2D eigenvalue weighted by atomic mass is 32.2. The molecule has 2 aromatic carbocycles. The van der Waals surface area contributed by atoms with Crippen LogP contribution in [0.2, 0.25) is 0 Å². The van der Waals surface area contributed by atoms with Crippen LogP contribution in [0.1, 0.15) is 48.3 Å². The van der Waals surface area contributed by atoms with E-state index in [1.54, 1.807) is 19.9 Å². The maximum atomic E-state index is 13.9. The molecule has 0 spiro atoms. The smallest absolute Gasteiger partial charge is 0.258 e. The Bertz CT molecular complexity index is 1650.